The van der Waals surface area contributed by atoms with Crippen LogP contribution in [0.5, 0.6) is 5.88 Å². The second-order valence-electron chi connectivity index (χ2n) is 12.4. The number of nitrogens with zero attached hydrogens (tertiary/aromatic N) is 7. The summed E-state index contributed by atoms with van der Waals surface area (Å²) in [5.41, 5.74) is 10.7. The molecule has 1 fully saturated rings. The van der Waals surface area contributed by atoms with Gasteiger partial charge in [0.15, 0.2) is 28.8 Å². The van der Waals surface area contributed by atoms with Crippen molar-refractivity contribution in [2.24, 2.45) is 0 Å². The number of nitrogens with two attached hydrogens (primary N) is 1. The van der Waals surface area contributed by atoms with Crippen LogP contribution in [-0.4, -0.2) is 68.5 Å². The van der Waals surface area contributed by atoms with Crippen molar-refractivity contribution in [2.45, 2.75) is 75.9 Å². The zero-order valence-electron chi connectivity index (χ0n) is 25.8. The van der Waals surface area contributed by atoms with Gasteiger partial charge in [-0.1, -0.05) is 11.2 Å². The van der Waals surface area contributed by atoms with Crippen LogP contribution in [0.3, 0.4) is 0 Å². The largest absolute Gasteiger partial charge is 0.473 e. The number of rotatable bonds is 6. The summed E-state index contributed by atoms with van der Waals surface area (Å²) in [6, 6.07) is 9.91. The second kappa shape index (κ2) is 11.3. The van der Waals surface area contributed by atoms with Crippen molar-refractivity contribution in [3.8, 4) is 29.3 Å². The molecule has 12 nitrogen and oxygen atoms in total. The van der Waals surface area contributed by atoms with Gasteiger partial charge in [0.05, 0.1) is 11.0 Å². The highest BCUT2D eigenvalue weighted by molar-refractivity contribution is 5.91. The minimum atomic E-state index is -0.490. The topological polar surface area (TPSA) is 161 Å². The van der Waals surface area contributed by atoms with Gasteiger partial charge in [0.1, 0.15) is 12.2 Å². The molecule has 2 aliphatic carbocycles. The number of likely N-dealkylation sites (tertiary alicyclic amines) is 1. The quantitative estimate of drug-likeness (QED) is 0.307. The molecule has 0 bridgehead atoms. The molecule has 1 amide bonds. The Labute approximate surface area is 261 Å². The number of fused-ring (bicyclic) bond motifs is 4. The average Bonchev–Trinajstić information content (AvgIpc) is 3.81. The van der Waals surface area contributed by atoms with Crippen LogP contribution < -0.4 is 15.8 Å². The molecule has 7 rings (SSSR count). The number of benzene rings is 1. The molecule has 3 N–H and O–H groups in total. The number of ether oxygens (including phenoxy) is 1. The molecule has 4 heterocycles. The lowest BCUT2D eigenvalue weighted by Gasteiger charge is -2.41. The van der Waals surface area contributed by atoms with E-state index in [0.29, 0.717) is 34.5 Å². The van der Waals surface area contributed by atoms with Crippen molar-refractivity contribution in [1.29, 1.82) is 5.26 Å². The smallest absolute Gasteiger partial charge is 0.271 e. The molecule has 3 atom stereocenters. The lowest BCUT2D eigenvalue weighted by molar-refractivity contribution is 0.0957. The Hall–Kier alpha value is -4.76. The lowest BCUT2D eigenvalue weighted by Crippen LogP contribution is -2.38. The summed E-state index contributed by atoms with van der Waals surface area (Å²) in [7, 11) is 3.68. The fourth-order valence-electron chi connectivity index (χ4n) is 7.69. The van der Waals surface area contributed by atoms with Crippen LogP contribution >= 0.6 is 0 Å². The number of hydrogen-bond acceptors (Lipinski definition) is 10. The molecule has 232 valence electrons. The van der Waals surface area contributed by atoms with Crippen LogP contribution in [0.4, 0.5) is 5.69 Å². The Kier molecular flexibility index (Phi) is 7.28. The van der Waals surface area contributed by atoms with E-state index in [4.69, 9.17) is 25.0 Å². The Morgan fingerprint density at radius 2 is 2.04 bits per heavy atom. The molecule has 12 heteroatoms. The highest BCUT2D eigenvalue weighted by Gasteiger charge is 2.48. The number of likely N-dealkylation sites (N-methyl/N-ethyl adjacent to an activating group) is 1. The first-order valence-electron chi connectivity index (χ1n) is 15.7. The third-order valence-electron chi connectivity index (χ3n) is 9.83. The van der Waals surface area contributed by atoms with Gasteiger partial charge in [-0.25, -0.2) is 9.67 Å². The number of nitrogen functional groups attached to an aromatic ring is 1. The Morgan fingerprint density at radius 1 is 1.22 bits per heavy atom. The van der Waals surface area contributed by atoms with Crippen molar-refractivity contribution in [1.82, 2.24) is 35.1 Å². The number of aromatic nitrogens is 5. The van der Waals surface area contributed by atoms with E-state index < -0.39 is 5.41 Å². The van der Waals surface area contributed by atoms with Gasteiger partial charge in [-0.05, 0) is 95.1 Å². The van der Waals surface area contributed by atoms with Crippen molar-refractivity contribution in [3.63, 3.8) is 0 Å². The highest BCUT2D eigenvalue weighted by atomic mass is 16.5. The molecule has 3 aliphatic rings. The monoisotopic (exact) mass is 607 g/mol. The number of amides is 1. The van der Waals surface area contributed by atoms with E-state index in [9.17, 15) is 10.1 Å². The maximum Gasteiger partial charge on any atom is 0.271 e. The van der Waals surface area contributed by atoms with Crippen LogP contribution in [0.15, 0.2) is 35.0 Å². The molecule has 3 unspecified atom stereocenters. The third kappa shape index (κ3) is 4.82. The van der Waals surface area contributed by atoms with Crippen molar-refractivity contribution < 1.29 is 14.1 Å². The first kappa shape index (κ1) is 29.0. The van der Waals surface area contributed by atoms with Gasteiger partial charge in [-0.3, -0.25) is 9.69 Å². The first-order chi connectivity index (χ1) is 21.8. The summed E-state index contributed by atoms with van der Waals surface area (Å²) in [4.78, 5) is 24.3. The standard InChI is InChI=1S/C33H37N9O3/c1-19(25-9-6-15-41(25)3)44-27-17-26(42-16-12-24(39-42)32(43)36-2)37-31(38-27)29-21-8-5-14-33(30(21)45-40-29)13-4-7-20-10-11-23(35)22(18-34)28(20)33/h10-12,16-17,19,25H,4-9,13-15,35H2,1-3H3,(H,36,43). The minimum absolute atomic E-state index is 0.116. The molecule has 45 heavy (non-hydrogen) atoms. The fourth-order valence-corrected chi connectivity index (χ4v) is 7.69. The second-order valence-corrected chi connectivity index (χ2v) is 12.4. The van der Waals surface area contributed by atoms with Gasteiger partial charge >= 0.3 is 0 Å². The predicted molar refractivity (Wildman–Crippen MR) is 166 cm³/mol. The Morgan fingerprint density at radius 3 is 2.80 bits per heavy atom. The molecule has 1 spiro atoms. The number of anilines is 1. The normalized spacial score (nSPS) is 21.6. The summed E-state index contributed by atoms with van der Waals surface area (Å²) >= 11 is 0. The average molecular weight is 608 g/mol. The van der Waals surface area contributed by atoms with Crippen LogP contribution in [0.25, 0.3) is 17.3 Å². The summed E-state index contributed by atoms with van der Waals surface area (Å²) in [6.07, 6.45) is 8.94. The number of nitriles is 1. The van der Waals surface area contributed by atoms with Gasteiger partial charge in [0, 0.05) is 36.6 Å². The molecule has 0 radical (unpaired) electrons. The van der Waals surface area contributed by atoms with Crippen LogP contribution in [0, 0.1) is 11.3 Å². The zero-order valence-corrected chi connectivity index (χ0v) is 25.8. The van der Waals surface area contributed by atoms with E-state index >= 15 is 0 Å². The van der Waals surface area contributed by atoms with Crippen molar-refractivity contribution in [2.75, 3.05) is 26.4 Å². The third-order valence-corrected chi connectivity index (χ3v) is 9.83. The highest BCUT2D eigenvalue weighted by Crippen LogP contribution is 2.53. The summed E-state index contributed by atoms with van der Waals surface area (Å²) in [5.74, 6) is 1.67. The maximum absolute atomic E-state index is 12.3. The molecule has 1 aromatic carbocycles. The van der Waals surface area contributed by atoms with Crippen LogP contribution in [-0.2, 0) is 18.3 Å². The first-order valence-corrected chi connectivity index (χ1v) is 15.7. The van der Waals surface area contributed by atoms with Crippen molar-refractivity contribution in [3.05, 3.63) is 64.2 Å². The van der Waals surface area contributed by atoms with Gasteiger partial charge in [0.25, 0.3) is 5.91 Å². The van der Waals surface area contributed by atoms with Gasteiger partial charge in [0.2, 0.25) is 5.88 Å². The summed E-state index contributed by atoms with van der Waals surface area (Å²) < 4.78 is 14.3. The number of carbonyl (C=O) groups excluding carboxylic acids is 1. The van der Waals surface area contributed by atoms with Crippen LogP contribution in [0.2, 0.25) is 0 Å². The molecular weight excluding hydrogens is 570 g/mol. The Balaban J connectivity index is 1.34. The predicted octanol–water partition coefficient (Wildman–Crippen LogP) is 3.95. The van der Waals surface area contributed by atoms with Gasteiger partial charge in [-0.2, -0.15) is 15.3 Å². The summed E-state index contributed by atoms with van der Waals surface area (Å²) in [6.45, 7) is 3.09. The summed E-state index contributed by atoms with van der Waals surface area (Å²) in [5, 5.41) is 21.8. The maximum atomic E-state index is 12.3. The van der Waals surface area contributed by atoms with E-state index in [0.717, 1.165) is 80.4 Å². The van der Waals surface area contributed by atoms with Crippen molar-refractivity contribution >= 4 is 11.6 Å². The van der Waals surface area contributed by atoms with E-state index in [-0.39, 0.29) is 23.7 Å². The molecule has 1 saturated heterocycles. The number of hydrogen-bond donors (Lipinski definition) is 2. The molecule has 3 aromatic heterocycles. The van der Waals surface area contributed by atoms with E-state index in [1.807, 2.05) is 12.1 Å². The molecule has 4 aromatic rings. The van der Waals surface area contributed by atoms with Crippen LogP contribution in [0.1, 0.15) is 84.0 Å². The van der Waals surface area contributed by atoms with Gasteiger partial charge < -0.3 is 20.3 Å². The van der Waals surface area contributed by atoms with E-state index in [1.165, 1.54) is 0 Å². The zero-order chi connectivity index (χ0) is 31.3. The number of carbonyl (C=O) groups is 1. The lowest BCUT2D eigenvalue weighted by atomic mass is 9.61. The minimum Gasteiger partial charge on any atom is -0.473 e. The SMILES string of the molecule is CNC(=O)c1ccn(-c2cc(OC(C)C3CCCN3C)nc(-c3noc4c3CCCC43CCCc4ccc(N)c(C#N)c43)n2)n1. The number of aryl methyl sites for hydroxylation is 1. The molecule has 1 aliphatic heterocycles. The fraction of sp³-hybridized carbons (Fsp3) is 0.455. The molecule has 0 saturated carbocycles. The molecular formula is C33H37N9O3. The van der Waals surface area contributed by atoms with E-state index in [2.05, 4.69) is 40.5 Å². The Bertz CT molecular complexity index is 1820. The number of nitrogens with one attached hydrogen (secondary N) is 1. The van der Waals surface area contributed by atoms with E-state index in [1.54, 1.807) is 30.1 Å². The van der Waals surface area contributed by atoms with Gasteiger partial charge in [-0.15, -0.1) is 0 Å².